The molecule has 1 aromatic carbocycles. The first-order valence-electron chi connectivity index (χ1n) is 12.4. The number of carbonyl (C=O) groups is 2. The number of nitrogens with zero attached hydrogens (tertiary/aromatic N) is 5. The van der Waals surface area contributed by atoms with Gasteiger partial charge in [-0.1, -0.05) is 25.1 Å². The van der Waals surface area contributed by atoms with Gasteiger partial charge in [0.1, 0.15) is 5.69 Å². The molecule has 0 bridgehead atoms. The van der Waals surface area contributed by atoms with Crippen LogP contribution in [0.4, 0.5) is 10.8 Å². The second kappa shape index (κ2) is 11.6. The average Bonchev–Trinajstić information content (AvgIpc) is 3.38. The zero-order valence-electron chi connectivity index (χ0n) is 21.4. The quantitative estimate of drug-likeness (QED) is 0.412. The lowest BCUT2D eigenvalue weighted by Gasteiger charge is -2.32. The van der Waals surface area contributed by atoms with E-state index in [0.29, 0.717) is 18.0 Å². The lowest BCUT2D eigenvalue weighted by atomic mass is 10.0. The zero-order chi connectivity index (χ0) is 25.7. The summed E-state index contributed by atoms with van der Waals surface area (Å²) in [7, 11) is 2.07. The molecule has 3 aromatic rings. The average molecular weight is 508 g/mol. The van der Waals surface area contributed by atoms with Crippen molar-refractivity contribution in [1.82, 2.24) is 19.8 Å². The SMILES string of the molecule is CCCN(c1nc(C(=O)OCC)cs1)c1cc(-c2ccc(C(=O)N3CCN(C)CC3)nc2)ccc1C. The van der Waals surface area contributed by atoms with Gasteiger partial charge in [-0.2, -0.15) is 0 Å². The summed E-state index contributed by atoms with van der Waals surface area (Å²) in [4.78, 5) is 40.3. The Hall–Kier alpha value is -3.30. The van der Waals surface area contributed by atoms with Gasteiger partial charge in [-0.15, -0.1) is 11.3 Å². The number of hydrogen-bond donors (Lipinski definition) is 0. The van der Waals surface area contributed by atoms with Gasteiger partial charge in [-0.3, -0.25) is 9.78 Å². The van der Waals surface area contributed by atoms with Gasteiger partial charge in [-0.05, 0) is 50.6 Å². The van der Waals surface area contributed by atoms with Crippen LogP contribution in [0.1, 0.15) is 46.8 Å². The fourth-order valence-electron chi connectivity index (χ4n) is 4.17. The summed E-state index contributed by atoms with van der Waals surface area (Å²) in [5, 5.41) is 2.50. The summed E-state index contributed by atoms with van der Waals surface area (Å²) in [5.74, 6) is -0.422. The van der Waals surface area contributed by atoms with Gasteiger partial charge in [-0.25, -0.2) is 9.78 Å². The Morgan fingerprint density at radius 2 is 1.81 bits per heavy atom. The molecule has 0 unspecified atom stereocenters. The molecule has 0 N–H and O–H groups in total. The number of rotatable bonds is 8. The third kappa shape index (κ3) is 5.74. The highest BCUT2D eigenvalue weighted by atomic mass is 32.1. The van der Waals surface area contributed by atoms with E-state index in [2.05, 4.69) is 58.9 Å². The molecule has 190 valence electrons. The molecule has 0 saturated carbocycles. The van der Waals surface area contributed by atoms with Crippen molar-refractivity contribution in [3.8, 4) is 11.1 Å². The Labute approximate surface area is 216 Å². The van der Waals surface area contributed by atoms with Crippen molar-refractivity contribution < 1.29 is 14.3 Å². The maximum absolute atomic E-state index is 12.9. The number of piperazine rings is 1. The number of aromatic nitrogens is 2. The van der Waals surface area contributed by atoms with Gasteiger partial charge in [0, 0.05) is 55.6 Å². The van der Waals surface area contributed by atoms with Gasteiger partial charge < -0.3 is 19.4 Å². The summed E-state index contributed by atoms with van der Waals surface area (Å²) < 4.78 is 5.11. The molecule has 0 aliphatic carbocycles. The van der Waals surface area contributed by atoms with Crippen molar-refractivity contribution in [1.29, 1.82) is 0 Å². The summed E-state index contributed by atoms with van der Waals surface area (Å²) >= 11 is 1.43. The maximum Gasteiger partial charge on any atom is 0.357 e. The number of pyridine rings is 1. The van der Waals surface area contributed by atoms with E-state index in [4.69, 9.17) is 4.74 Å². The van der Waals surface area contributed by atoms with E-state index in [1.165, 1.54) is 11.3 Å². The van der Waals surface area contributed by atoms with Crippen LogP contribution in [0.25, 0.3) is 11.1 Å². The molecular weight excluding hydrogens is 474 g/mol. The van der Waals surface area contributed by atoms with Crippen LogP contribution in [0.2, 0.25) is 0 Å². The van der Waals surface area contributed by atoms with Gasteiger partial charge in [0.05, 0.1) is 6.61 Å². The summed E-state index contributed by atoms with van der Waals surface area (Å²) in [6.45, 7) is 10.3. The first kappa shape index (κ1) is 25.8. The molecule has 0 atom stereocenters. The van der Waals surface area contributed by atoms with Gasteiger partial charge in [0.25, 0.3) is 5.91 Å². The van der Waals surface area contributed by atoms with Crippen molar-refractivity contribution in [3.05, 3.63) is 58.9 Å². The highest BCUT2D eigenvalue weighted by Crippen LogP contribution is 2.34. The minimum absolute atomic E-state index is 0.0189. The number of anilines is 2. The Bertz CT molecular complexity index is 1200. The fraction of sp³-hybridized carbons (Fsp3) is 0.407. The maximum atomic E-state index is 12.9. The Balaban J connectivity index is 1.58. The number of ether oxygens (including phenoxy) is 1. The lowest BCUT2D eigenvalue weighted by molar-refractivity contribution is 0.0520. The van der Waals surface area contributed by atoms with E-state index >= 15 is 0 Å². The smallest absolute Gasteiger partial charge is 0.357 e. The van der Waals surface area contributed by atoms with Crippen LogP contribution in [0.15, 0.2) is 41.9 Å². The predicted octanol–water partition coefficient (Wildman–Crippen LogP) is 4.63. The van der Waals surface area contributed by atoms with Crippen molar-refractivity contribution in [3.63, 3.8) is 0 Å². The highest BCUT2D eigenvalue weighted by molar-refractivity contribution is 7.14. The number of likely N-dealkylation sites (N-methyl/N-ethyl adjacent to an activating group) is 1. The third-order valence-corrected chi connectivity index (χ3v) is 7.12. The van der Waals surface area contributed by atoms with E-state index in [9.17, 15) is 9.59 Å². The third-order valence-electron chi connectivity index (χ3n) is 6.26. The molecule has 1 amide bonds. The van der Waals surface area contributed by atoms with Crippen LogP contribution < -0.4 is 4.90 Å². The number of carbonyl (C=O) groups excluding carboxylic acids is 2. The molecule has 8 nitrogen and oxygen atoms in total. The van der Waals surface area contributed by atoms with Crippen LogP contribution in [0, 0.1) is 6.92 Å². The molecule has 36 heavy (non-hydrogen) atoms. The summed E-state index contributed by atoms with van der Waals surface area (Å²) in [6.07, 6.45) is 2.69. The minimum Gasteiger partial charge on any atom is -0.461 e. The van der Waals surface area contributed by atoms with Crippen molar-refractivity contribution >= 4 is 34.0 Å². The zero-order valence-corrected chi connectivity index (χ0v) is 22.2. The molecule has 3 heterocycles. The van der Waals surface area contributed by atoms with Crippen molar-refractivity contribution in [2.24, 2.45) is 0 Å². The molecule has 1 saturated heterocycles. The van der Waals surface area contributed by atoms with Crippen molar-refractivity contribution in [2.45, 2.75) is 27.2 Å². The van der Waals surface area contributed by atoms with E-state index in [-0.39, 0.29) is 5.91 Å². The van der Waals surface area contributed by atoms with E-state index < -0.39 is 5.97 Å². The van der Waals surface area contributed by atoms with Crippen LogP contribution in [0.5, 0.6) is 0 Å². The number of benzene rings is 1. The van der Waals surface area contributed by atoms with E-state index in [1.807, 2.05) is 17.0 Å². The molecular formula is C27H33N5O3S. The topological polar surface area (TPSA) is 78.9 Å². The van der Waals surface area contributed by atoms with Crippen LogP contribution in [-0.4, -0.2) is 78.0 Å². The van der Waals surface area contributed by atoms with Gasteiger partial charge in [0.2, 0.25) is 0 Å². The first-order chi connectivity index (χ1) is 17.4. The highest BCUT2D eigenvalue weighted by Gasteiger charge is 2.22. The number of hydrogen-bond acceptors (Lipinski definition) is 8. The normalized spacial score (nSPS) is 14.1. The molecule has 9 heteroatoms. The molecule has 1 aliphatic heterocycles. The minimum atomic E-state index is -0.404. The number of amides is 1. The Kier molecular flexibility index (Phi) is 8.32. The van der Waals surface area contributed by atoms with Crippen LogP contribution >= 0.6 is 11.3 Å². The molecule has 1 aliphatic rings. The number of aryl methyl sites for hydroxylation is 1. The van der Waals surface area contributed by atoms with E-state index in [0.717, 1.165) is 66.7 Å². The second-order valence-corrected chi connectivity index (χ2v) is 9.75. The largest absolute Gasteiger partial charge is 0.461 e. The second-order valence-electron chi connectivity index (χ2n) is 8.92. The molecule has 2 aromatic heterocycles. The van der Waals surface area contributed by atoms with E-state index in [1.54, 1.807) is 18.5 Å². The van der Waals surface area contributed by atoms with Crippen molar-refractivity contribution in [2.75, 3.05) is 51.3 Å². The summed E-state index contributed by atoms with van der Waals surface area (Å²) in [5.41, 5.74) is 4.87. The van der Waals surface area contributed by atoms with Crippen LogP contribution in [-0.2, 0) is 4.74 Å². The molecule has 4 rings (SSSR count). The number of esters is 1. The Morgan fingerprint density at radius 3 is 2.47 bits per heavy atom. The lowest BCUT2D eigenvalue weighted by Crippen LogP contribution is -2.47. The fourth-order valence-corrected chi connectivity index (χ4v) is 5.01. The van der Waals surface area contributed by atoms with Gasteiger partial charge >= 0.3 is 5.97 Å². The standard InChI is InChI=1S/C27H33N5O3S/c1-5-11-32(27-29-23(18-36-27)26(34)35-6-2)24-16-20(8-7-19(24)3)21-9-10-22(28-17-21)25(33)31-14-12-30(4)13-15-31/h7-10,16-18H,5-6,11-15H2,1-4H3. The molecule has 0 spiro atoms. The number of thiazole rings is 1. The molecule has 1 fully saturated rings. The monoisotopic (exact) mass is 507 g/mol. The Morgan fingerprint density at radius 1 is 1.06 bits per heavy atom. The van der Waals surface area contributed by atoms with Crippen LogP contribution in [0.3, 0.4) is 0 Å². The van der Waals surface area contributed by atoms with Gasteiger partial charge in [0.15, 0.2) is 10.8 Å². The molecule has 0 radical (unpaired) electrons. The predicted molar refractivity (Wildman–Crippen MR) is 143 cm³/mol. The first-order valence-corrected chi connectivity index (χ1v) is 13.2. The summed E-state index contributed by atoms with van der Waals surface area (Å²) in [6, 6.07) is 10.0.